The van der Waals surface area contributed by atoms with Gasteiger partial charge in [-0.15, -0.1) is 11.3 Å². The highest BCUT2D eigenvalue weighted by Crippen LogP contribution is 2.08. The molecule has 1 aromatic rings. The Balaban J connectivity index is 2.38. The Kier molecular flexibility index (Phi) is 5.85. The van der Waals surface area contributed by atoms with E-state index in [1.807, 2.05) is 6.92 Å². The number of guanidine groups is 1. The maximum atomic E-state index is 4.47. The fraction of sp³-hybridized carbons (Fsp3) is 0.636. The third-order valence-electron chi connectivity index (χ3n) is 1.99. The van der Waals surface area contributed by atoms with Crippen molar-refractivity contribution in [3.8, 4) is 0 Å². The monoisotopic (exact) mass is 240 g/mol. The van der Waals surface area contributed by atoms with Crippen LogP contribution in [0.15, 0.2) is 10.4 Å². The van der Waals surface area contributed by atoms with E-state index in [4.69, 9.17) is 0 Å². The number of aliphatic imine (C=N–C) groups is 1. The van der Waals surface area contributed by atoms with Crippen LogP contribution < -0.4 is 10.6 Å². The van der Waals surface area contributed by atoms with Crippen molar-refractivity contribution >= 4 is 17.3 Å². The highest BCUT2D eigenvalue weighted by atomic mass is 32.1. The summed E-state index contributed by atoms with van der Waals surface area (Å²) in [7, 11) is 0. The second-order valence-corrected chi connectivity index (χ2v) is 4.46. The number of nitrogens with one attached hydrogen (secondary N) is 2. The first-order valence-electron chi connectivity index (χ1n) is 5.69. The molecule has 5 heteroatoms. The second-order valence-electron chi connectivity index (χ2n) is 3.40. The van der Waals surface area contributed by atoms with Crippen LogP contribution in [0.1, 0.15) is 24.5 Å². The third-order valence-corrected chi connectivity index (χ3v) is 2.82. The SMILES string of the molecule is CCNC(=NCCc1csc(C)n1)NCC. The Bertz CT molecular complexity index is 324. The smallest absolute Gasteiger partial charge is 0.191 e. The highest BCUT2D eigenvalue weighted by molar-refractivity contribution is 7.09. The van der Waals surface area contributed by atoms with Crippen LogP contribution in [0, 0.1) is 6.92 Å². The topological polar surface area (TPSA) is 49.3 Å². The molecule has 0 amide bonds. The molecule has 1 heterocycles. The minimum absolute atomic E-state index is 0.776. The van der Waals surface area contributed by atoms with Gasteiger partial charge in [0, 0.05) is 31.4 Å². The number of hydrogen-bond donors (Lipinski definition) is 2. The molecule has 0 aromatic carbocycles. The van der Waals surface area contributed by atoms with Gasteiger partial charge in [-0.05, 0) is 20.8 Å². The van der Waals surface area contributed by atoms with E-state index >= 15 is 0 Å². The summed E-state index contributed by atoms with van der Waals surface area (Å²) in [6.45, 7) is 8.72. The van der Waals surface area contributed by atoms with Gasteiger partial charge in [-0.2, -0.15) is 0 Å². The first-order valence-corrected chi connectivity index (χ1v) is 6.57. The largest absolute Gasteiger partial charge is 0.357 e. The Hall–Kier alpha value is -1.10. The molecule has 0 unspecified atom stereocenters. The van der Waals surface area contributed by atoms with Crippen molar-refractivity contribution in [3.05, 3.63) is 16.1 Å². The zero-order chi connectivity index (χ0) is 11.8. The molecule has 0 aliphatic carbocycles. The highest BCUT2D eigenvalue weighted by Gasteiger charge is 1.98. The number of rotatable bonds is 5. The minimum Gasteiger partial charge on any atom is -0.357 e. The maximum Gasteiger partial charge on any atom is 0.191 e. The van der Waals surface area contributed by atoms with Gasteiger partial charge >= 0.3 is 0 Å². The zero-order valence-electron chi connectivity index (χ0n) is 10.2. The van der Waals surface area contributed by atoms with Crippen LogP contribution in [-0.2, 0) is 6.42 Å². The predicted molar refractivity (Wildman–Crippen MR) is 70.2 cm³/mol. The van der Waals surface area contributed by atoms with Crippen molar-refractivity contribution in [3.63, 3.8) is 0 Å². The van der Waals surface area contributed by atoms with E-state index < -0.39 is 0 Å². The van der Waals surface area contributed by atoms with Crippen LogP contribution in [-0.4, -0.2) is 30.6 Å². The van der Waals surface area contributed by atoms with E-state index in [9.17, 15) is 0 Å². The normalized spacial score (nSPS) is 9.94. The molecule has 0 saturated heterocycles. The van der Waals surface area contributed by atoms with Crippen molar-refractivity contribution in [1.29, 1.82) is 0 Å². The maximum absolute atomic E-state index is 4.47. The number of nitrogens with zero attached hydrogens (tertiary/aromatic N) is 2. The molecule has 1 aromatic heterocycles. The van der Waals surface area contributed by atoms with Gasteiger partial charge < -0.3 is 10.6 Å². The van der Waals surface area contributed by atoms with E-state index in [2.05, 4.69) is 39.8 Å². The van der Waals surface area contributed by atoms with E-state index in [0.29, 0.717) is 0 Å². The zero-order valence-corrected chi connectivity index (χ0v) is 11.0. The molecule has 0 aliphatic rings. The molecule has 4 nitrogen and oxygen atoms in total. The fourth-order valence-corrected chi connectivity index (χ4v) is 1.96. The molecule has 0 atom stereocenters. The van der Waals surface area contributed by atoms with Crippen molar-refractivity contribution < 1.29 is 0 Å². The molecule has 0 radical (unpaired) electrons. The quantitative estimate of drug-likeness (QED) is 0.607. The number of aromatic nitrogens is 1. The van der Waals surface area contributed by atoms with Crippen LogP contribution >= 0.6 is 11.3 Å². The van der Waals surface area contributed by atoms with Gasteiger partial charge in [-0.25, -0.2) is 4.98 Å². The van der Waals surface area contributed by atoms with Crippen molar-refractivity contribution in [2.24, 2.45) is 4.99 Å². The molecule has 0 fully saturated rings. The fourth-order valence-electron chi connectivity index (χ4n) is 1.31. The summed E-state index contributed by atoms with van der Waals surface area (Å²) in [5, 5.41) is 9.62. The third kappa shape index (κ3) is 4.61. The van der Waals surface area contributed by atoms with Crippen LogP contribution in [0.4, 0.5) is 0 Å². The molecule has 90 valence electrons. The van der Waals surface area contributed by atoms with Crippen LogP contribution in [0.5, 0.6) is 0 Å². The van der Waals surface area contributed by atoms with Crippen molar-refractivity contribution in [2.45, 2.75) is 27.2 Å². The number of aryl methyl sites for hydroxylation is 1. The molecular formula is C11H20N4S. The lowest BCUT2D eigenvalue weighted by molar-refractivity contribution is 0.828. The Labute approximate surface area is 101 Å². The molecule has 16 heavy (non-hydrogen) atoms. The van der Waals surface area contributed by atoms with Gasteiger partial charge in [-0.1, -0.05) is 0 Å². The second kappa shape index (κ2) is 7.22. The van der Waals surface area contributed by atoms with Gasteiger partial charge in [0.2, 0.25) is 0 Å². The molecule has 0 bridgehead atoms. The van der Waals surface area contributed by atoms with Crippen LogP contribution in [0.25, 0.3) is 0 Å². The molecular weight excluding hydrogens is 220 g/mol. The molecule has 0 saturated carbocycles. The average Bonchev–Trinajstić information content (AvgIpc) is 2.65. The van der Waals surface area contributed by atoms with Crippen LogP contribution in [0.3, 0.4) is 0 Å². The van der Waals surface area contributed by atoms with E-state index in [1.54, 1.807) is 11.3 Å². The standard InChI is InChI=1S/C11H20N4S/c1-4-12-11(13-5-2)14-7-6-10-8-16-9(3)15-10/h8H,4-7H2,1-3H3,(H2,12,13,14). The molecule has 0 spiro atoms. The summed E-state index contributed by atoms with van der Waals surface area (Å²) < 4.78 is 0. The van der Waals surface area contributed by atoms with Gasteiger partial charge in [0.25, 0.3) is 0 Å². The summed E-state index contributed by atoms with van der Waals surface area (Å²) in [5.41, 5.74) is 1.14. The van der Waals surface area contributed by atoms with E-state index in [-0.39, 0.29) is 0 Å². The predicted octanol–water partition coefficient (Wildman–Crippen LogP) is 1.57. The van der Waals surface area contributed by atoms with Gasteiger partial charge in [0.05, 0.1) is 10.7 Å². The van der Waals surface area contributed by atoms with Crippen LogP contribution in [0.2, 0.25) is 0 Å². The first-order chi connectivity index (χ1) is 7.76. The van der Waals surface area contributed by atoms with E-state index in [0.717, 1.165) is 42.7 Å². The summed E-state index contributed by atoms with van der Waals surface area (Å²) in [6, 6.07) is 0. The first kappa shape index (κ1) is 13.0. The van der Waals surface area contributed by atoms with Gasteiger partial charge in [-0.3, -0.25) is 4.99 Å². The lowest BCUT2D eigenvalue weighted by Crippen LogP contribution is -2.37. The van der Waals surface area contributed by atoms with E-state index in [1.165, 1.54) is 0 Å². The molecule has 1 rings (SSSR count). The Morgan fingerprint density at radius 1 is 1.38 bits per heavy atom. The summed E-state index contributed by atoms with van der Waals surface area (Å²) >= 11 is 1.69. The Morgan fingerprint density at radius 3 is 2.56 bits per heavy atom. The van der Waals surface area contributed by atoms with Gasteiger partial charge in [0.1, 0.15) is 0 Å². The van der Waals surface area contributed by atoms with Gasteiger partial charge in [0.15, 0.2) is 5.96 Å². The average molecular weight is 240 g/mol. The Morgan fingerprint density at radius 2 is 2.06 bits per heavy atom. The van der Waals surface area contributed by atoms with Crippen molar-refractivity contribution in [2.75, 3.05) is 19.6 Å². The lowest BCUT2D eigenvalue weighted by atomic mass is 10.3. The molecule has 0 aliphatic heterocycles. The molecule has 2 N–H and O–H groups in total. The summed E-state index contributed by atoms with van der Waals surface area (Å²) in [5.74, 6) is 0.886. The minimum atomic E-state index is 0.776. The number of hydrogen-bond acceptors (Lipinski definition) is 3. The van der Waals surface area contributed by atoms with Crippen molar-refractivity contribution in [1.82, 2.24) is 15.6 Å². The summed E-state index contributed by atoms with van der Waals surface area (Å²) in [6.07, 6.45) is 0.907. The summed E-state index contributed by atoms with van der Waals surface area (Å²) in [4.78, 5) is 8.87. The number of thiazole rings is 1. The lowest BCUT2D eigenvalue weighted by Gasteiger charge is -2.08.